The highest BCUT2D eigenvalue weighted by atomic mass is 16.5. The van der Waals surface area contributed by atoms with Gasteiger partial charge in [-0.3, -0.25) is 4.98 Å². The van der Waals surface area contributed by atoms with Crippen molar-refractivity contribution in [3.8, 4) is 5.75 Å². The molecule has 96 valence electrons. The second kappa shape index (κ2) is 6.54. The van der Waals surface area contributed by atoms with Crippen molar-refractivity contribution in [2.45, 2.75) is 26.1 Å². The van der Waals surface area contributed by atoms with Gasteiger partial charge in [-0.15, -0.1) is 0 Å². The number of hydrogen-bond acceptors (Lipinski definition) is 5. The molecule has 0 aliphatic carbocycles. The maximum Gasteiger partial charge on any atom is 0.146 e. The molecule has 1 aromatic rings. The molecular formula is C12H20N2O3. The van der Waals surface area contributed by atoms with Crippen LogP contribution >= 0.6 is 0 Å². The normalized spacial score (nSPS) is 12.5. The monoisotopic (exact) mass is 240 g/mol. The summed E-state index contributed by atoms with van der Waals surface area (Å²) >= 11 is 0. The van der Waals surface area contributed by atoms with Gasteiger partial charge in [0.15, 0.2) is 0 Å². The molecule has 0 radical (unpaired) electrons. The molecule has 3 N–H and O–H groups in total. The van der Waals surface area contributed by atoms with Gasteiger partial charge in [-0.25, -0.2) is 0 Å². The maximum absolute atomic E-state index is 10.1. The average molecular weight is 240 g/mol. The van der Waals surface area contributed by atoms with E-state index in [1.807, 2.05) is 6.92 Å². The van der Waals surface area contributed by atoms with E-state index in [4.69, 9.17) is 15.2 Å². The summed E-state index contributed by atoms with van der Waals surface area (Å²) in [5.74, 6) is 0.612. The van der Waals surface area contributed by atoms with E-state index in [1.165, 1.54) is 0 Å². The van der Waals surface area contributed by atoms with Crippen LogP contribution in [-0.2, 0) is 11.3 Å². The van der Waals surface area contributed by atoms with E-state index in [0.29, 0.717) is 25.3 Å². The van der Waals surface area contributed by atoms with Crippen molar-refractivity contribution in [1.82, 2.24) is 4.98 Å². The molecule has 1 unspecified atom stereocenters. The number of aliphatic hydroxyl groups is 1. The molecule has 0 aliphatic heterocycles. The molecule has 0 saturated heterocycles. The van der Waals surface area contributed by atoms with Gasteiger partial charge < -0.3 is 20.3 Å². The summed E-state index contributed by atoms with van der Waals surface area (Å²) in [6.45, 7) is 2.65. The highest BCUT2D eigenvalue weighted by molar-refractivity contribution is 5.43. The Hall–Kier alpha value is -1.17. The zero-order valence-corrected chi connectivity index (χ0v) is 10.6. The topological polar surface area (TPSA) is 77.6 Å². The number of rotatable bonds is 6. The first-order valence-electron chi connectivity index (χ1n) is 5.55. The SMILES string of the molecule is COCc1cnc(C)c(OC)c1C(O)CCN. The lowest BCUT2D eigenvalue weighted by molar-refractivity contribution is 0.152. The summed E-state index contributed by atoms with van der Waals surface area (Å²) in [7, 11) is 3.17. The van der Waals surface area contributed by atoms with Gasteiger partial charge in [0.05, 0.1) is 25.5 Å². The lowest BCUT2D eigenvalue weighted by Gasteiger charge is -2.19. The first kappa shape index (κ1) is 13.9. The quantitative estimate of drug-likeness (QED) is 0.773. The summed E-state index contributed by atoms with van der Waals surface area (Å²) in [5.41, 5.74) is 7.78. The molecule has 0 saturated carbocycles. The Bertz CT molecular complexity index is 369. The van der Waals surface area contributed by atoms with E-state index < -0.39 is 6.10 Å². The van der Waals surface area contributed by atoms with Crippen LogP contribution in [0.3, 0.4) is 0 Å². The molecule has 0 aromatic carbocycles. The van der Waals surface area contributed by atoms with Crippen LogP contribution < -0.4 is 10.5 Å². The van der Waals surface area contributed by atoms with Gasteiger partial charge in [0.25, 0.3) is 0 Å². The molecule has 1 rings (SSSR count). The lowest BCUT2D eigenvalue weighted by Crippen LogP contribution is -2.12. The fourth-order valence-electron chi connectivity index (χ4n) is 1.84. The fourth-order valence-corrected chi connectivity index (χ4v) is 1.84. The third kappa shape index (κ3) is 3.15. The third-order valence-corrected chi connectivity index (χ3v) is 2.61. The van der Waals surface area contributed by atoms with Crippen LogP contribution in [0.5, 0.6) is 5.75 Å². The van der Waals surface area contributed by atoms with Crippen molar-refractivity contribution in [2.75, 3.05) is 20.8 Å². The second-order valence-electron chi connectivity index (χ2n) is 3.84. The van der Waals surface area contributed by atoms with E-state index in [-0.39, 0.29) is 0 Å². The van der Waals surface area contributed by atoms with Crippen LogP contribution in [0.2, 0.25) is 0 Å². The Labute approximate surface area is 102 Å². The predicted molar refractivity (Wildman–Crippen MR) is 64.9 cm³/mol. The molecule has 17 heavy (non-hydrogen) atoms. The number of pyridine rings is 1. The van der Waals surface area contributed by atoms with Crippen molar-refractivity contribution in [1.29, 1.82) is 0 Å². The number of aliphatic hydroxyl groups excluding tert-OH is 1. The van der Waals surface area contributed by atoms with Gasteiger partial charge >= 0.3 is 0 Å². The Morgan fingerprint density at radius 1 is 1.47 bits per heavy atom. The molecule has 1 aromatic heterocycles. The van der Waals surface area contributed by atoms with Crippen molar-refractivity contribution in [2.24, 2.45) is 5.73 Å². The smallest absolute Gasteiger partial charge is 0.146 e. The van der Waals surface area contributed by atoms with Crippen LogP contribution in [0.25, 0.3) is 0 Å². The standard InChI is InChI=1S/C12H20N2O3/c1-8-12(17-3)11(10(15)4-5-13)9(6-14-8)7-16-2/h6,10,15H,4-5,7,13H2,1-3H3. The molecule has 5 nitrogen and oxygen atoms in total. The fraction of sp³-hybridized carbons (Fsp3) is 0.583. The summed E-state index contributed by atoms with van der Waals surface area (Å²) < 4.78 is 10.4. The lowest BCUT2D eigenvalue weighted by atomic mass is 10.00. The number of hydrogen-bond donors (Lipinski definition) is 2. The molecular weight excluding hydrogens is 220 g/mol. The third-order valence-electron chi connectivity index (χ3n) is 2.61. The number of aryl methyl sites for hydroxylation is 1. The molecule has 1 heterocycles. The zero-order valence-electron chi connectivity index (χ0n) is 10.6. The van der Waals surface area contributed by atoms with Gasteiger partial charge in [0, 0.05) is 24.4 Å². The van der Waals surface area contributed by atoms with Gasteiger partial charge in [-0.05, 0) is 19.9 Å². The first-order valence-corrected chi connectivity index (χ1v) is 5.55. The number of methoxy groups -OCH3 is 2. The van der Waals surface area contributed by atoms with Gasteiger partial charge in [0.2, 0.25) is 0 Å². The predicted octanol–water partition coefficient (Wildman–Crippen LogP) is 0.927. The van der Waals surface area contributed by atoms with Crippen LogP contribution in [0.15, 0.2) is 6.20 Å². The van der Waals surface area contributed by atoms with E-state index >= 15 is 0 Å². The Morgan fingerprint density at radius 2 is 2.18 bits per heavy atom. The van der Waals surface area contributed by atoms with E-state index in [1.54, 1.807) is 20.4 Å². The highest BCUT2D eigenvalue weighted by Crippen LogP contribution is 2.32. The minimum Gasteiger partial charge on any atom is -0.494 e. The van der Waals surface area contributed by atoms with Gasteiger partial charge in [-0.2, -0.15) is 0 Å². The molecule has 0 amide bonds. The maximum atomic E-state index is 10.1. The summed E-state index contributed by atoms with van der Waals surface area (Å²) in [6, 6.07) is 0. The van der Waals surface area contributed by atoms with Crippen LogP contribution in [0.1, 0.15) is 29.3 Å². The Balaban J connectivity index is 3.22. The van der Waals surface area contributed by atoms with E-state index in [9.17, 15) is 5.11 Å². The van der Waals surface area contributed by atoms with Crippen molar-refractivity contribution < 1.29 is 14.6 Å². The molecule has 0 aliphatic rings. The Kier molecular flexibility index (Phi) is 5.34. The van der Waals surface area contributed by atoms with E-state index in [0.717, 1.165) is 16.8 Å². The zero-order chi connectivity index (χ0) is 12.8. The number of nitrogens with zero attached hydrogens (tertiary/aromatic N) is 1. The average Bonchev–Trinajstić information content (AvgIpc) is 2.31. The van der Waals surface area contributed by atoms with E-state index in [2.05, 4.69) is 4.98 Å². The summed E-state index contributed by atoms with van der Waals surface area (Å²) in [4.78, 5) is 4.22. The largest absolute Gasteiger partial charge is 0.494 e. The number of aromatic nitrogens is 1. The molecule has 0 fully saturated rings. The van der Waals surface area contributed by atoms with Gasteiger partial charge in [-0.1, -0.05) is 0 Å². The van der Waals surface area contributed by atoms with Crippen LogP contribution in [-0.4, -0.2) is 30.9 Å². The van der Waals surface area contributed by atoms with Crippen molar-refractivity contribution >= 4 is 0 Å². The minimum absolute atomic E-state index is 0.389. The molecule has 1 atom stereocenters. The number of nitrogens with two attached hydrogens (primary N) is 1. The Morgan fingerprint density at radius 3 is 2.71 bits per heavy atom. The van der Waals surface area contributed by atoms with Crippen LogP contribution in [0, 0.1) is 6.92 Å². The summed E-state index contributed by atoms with van der Waals surface area (Å²) in [6.07, 6.45) is 1.54. The van der Waals surface area contributed by atoms with Gasteiger partial charge in [0.1, 0.15) is 5.75 Å². The molecule has 5 heteroatoms. The molecule has 0 spiro atoms. The van der Waals surface area contributed by atoms with Crippen LogP contribution in [0.4, 0.5) is 0 Å². The highest BCUT2D eigenvalue weighted by Gasteiger charge is 2.19. The minimum atomic E-state index is -0.651. The first-order chi connectivity index (χ1) is 8.15. The number of ether oxygens (including phenoxy) is 2. The molecule has 0 bridgehead atoms. The van der Waals surface area contributed by atoms with Crippen molar-refractivity contribution in [3.05, 3.63) is 23.0 Å². The van der Waals surface area contributed by atoms with Crippen molar-refractivity contribution in [3.63, 3.8) is 0 Å². The summed E-state index contributed by atoms with van der Waals surface area (Å²) in [5, 5.41) is 10.1. The second-order valence-corrected chi connectivity index (χ2v) is 3.84.